The lowest BCUT2D eigenvalue weighted by Gasteiger charge is -2.24. The maximum absolute atomic E-state index is 12.6. The summed E-state index contributed by atoms with van der Waals surface area (Å²) in [7, 11) is 1.94. The average Bonchev–Trinajstić information content (AvgIpc) is 3.24. The van der Waals surface area contributed by atoms with Gasteiger partial charge in [-0.25, -0.2) is 4.98 Å². The van der Waals surface area contributed by atoms with Gasteiger partial charge in [-0.2, -0.15) is 15.0 Å². The van der Waals surface area contributed by atoms with E-state index in [1.807, 2.05) is 54.9 Å². The van der Waals surface area contributed by atoms with E-state index in [-0.39, 0.29) is 11.8 Å². The Bertz CT molecular complexity index is 1310. The number of hydrogen-bond acceptors (Lipinski definition) is 4. The second-order valence-electron chi connectivity index (χ2n) is 7.26. The molecule has 29 heavy (non-hydrogen) atoms. The van der Waals surface area contributed by atoms with Gasteiger partial charge >= 0.3 is 0 Å². The van der Waals surface area contributed by atoms with Crippen molar-refractivity contribution in [1.29, 1.82) is 5.26 Å². The van der Waals surface area contributed by atoms with Crippen LogP contribution in [0.15, 0.2) is 48.5 Å². The zero-order chi connectivity index (χ0) is 20.1. The molecule has 0 spiro atoms. The Labute approximate surface area is 167 Å². The van der Waals surface area contributed by atoms with Crippen LogP contribution in [0.1, 0.15) is 34.7 Å². The van der Waals surface area contributed by atoms with Crippen molar-refractivity contribution >= 4 is 22.8 Å². The second-order valence-corrected chi connectivity index (χ2v) is 7.26. The van der Waals surface area contributed by atoms with Crippen molar-refractivity contribution < 1.29 is 4.79 Å². The van der Waals surface area contributed by atoms with Crippen LogP contribution in [0.4, 0.5) is 5.82 Å². The van der Waals surface area contributed by atoms with Crippen molar-refractivity contribution in [2.75, 3.05) is 5.32 Å². The molecule has 0 bridgehead atoms. The van der Waals surface area contributed by atoms with Gasteiger partial charge < -0.3 is 9.88 Å². The molecule has 1 aliphatic rings. The molecule has 1 atom stereocenters. The van der Waals surface area contributed by atoms with Gasteiger partial charge in [-0.1, -0.05) is 24.3 Å². The maximum Gasteiger partial charge on any atom is 0.233 e. The summed E-state index contributed by atoms with van der Waals surface area (Å²) in [5.74, 6) is 1.13. The first kappa shape index (κ1) is 17.2. The molecule has 0 saturated carbocycles. The zero-order valence-electron chi connectivity index (χ0n) is 16.0. The molecule has 0 unspecified atom stereocenters. The first-order valence-electron chi connectivity index (χ1n) is 9.38. The van der Waals surface area contributed by atoms with E-state index in [9.17, 15) is 4.79 Å². The van der Waals surface area contributed by atoms with Crippen molar-refractivity contribution in [2.45, 2.75) is 19.3 Å². The number of nitriles is 1. The van der Waals surface area contributed by atoms with Crippen molar-refractivity contribution in [2.24, 2.45) is 7.05 Å². The normalized spacial score (nSPS) is 15.8. The minimum absolute atomic E-state index is 0.0632. The molecule has 1 aliphatic heterocycles. The quantitative estimate of drug-likeness (QED) is 0.575. The molecule has 5 rings (SSSR count). The number of carbonyl (C=O) groups excluding carboxylic acids is 1. The van der Waals surface area contributed by atoms with Crippen molar-refractivity contribution in [3.05, 3.63) is 70.9 Å². The fourth-order valence-corrected chi connectivity index (χ4v) is 4.09. The third-order valence-electron chi connectivity index (χ3n) is 5.50. The highest BCUT2D eigenvalue weighted by Gasteiger charge is 2.33. The first-order valence-corrected chi connectivity index (χ1v) is 9.38. The molecule has 0 fully saturated rings. The summed E-state index contributed by atoms with van der Waals surface area (Å²) >= 11 is 0. The molecule has 1 N–H and O–H groups in total. The highest BCUT2D eigenvalue weighted by molar-refractivity contribution is 5.95. The van der Waals surface area contributed by atoms with Gasteiger partial charge in [-0.3, -0.25) is 4.79 Å². The van der Waals surface area contributed by atoms with Crippen LogP contribution in [-0.2, 0) is 11.8 Å². The Morgan fingerprint density at radius 3 is 2.66 bits per heavy atom. The molecule has 1 amide bonds. The van der Waals surface area contributed by atoms with E-state index in [4.69, 9.17) is 15.3 Å². The Morgan fingerprint density at radius 1 is 1.17 bits per heavy atom. The summed E-state index contributed by atoms with van der Waals surface area (Å²) in [4.78, 5) is 17.3. The second kappa shape index (κ2) is 6.31. The van der Waals surface area contributed by atoms with E-state index < -0.39 is 0 Å². The number of hydrogen-bond donors (Lipinski definition) is 1. The number of benzene rings is 2. The van der Waals surface area contributed by atoms with Crippen LogP contribution in [0.5, 0.6) is 0 Å². The van der Waals surface area contributed by atoms with Gasteiger partial charge in [0.25, 0.3) is 0 Å². The number of amides is 1. The lowest BCUT2D eigenvalue weighted by molar-refractivity contribution is -0.116. The maximum atomic E-state index is 12.6. The first-order chi connectivity index (χ1) is 14.1. The fourth-order valence-electron chi connectivity index (χ4n) is 4.09. The summed E-state index contributed by atoms with van der Waals surface area (Å²) < 4.78 is 3.69. The van der Waals surface area contributed by atoms with Gasteiger partial charge in [0.15, 0.2) is 0 Å². The number of aromatic nitrogens is 4. The molecule has 2 aromatic heterocycles. The number of para-hydroxylation sites is 2. The van der Waals surface area contributed by atoms with Crippen LogP contribution >= 0.6 is 0 Å². The van der Waals surface area contributed by atoms with Crippen LogP contribution in [0.25, 0.3) is 17.0 Å². The molecule has 7 nitrogen and oxygen atoms in total. The lowest BCUT2D eigenvalue weighted by Crippen LogP contribution is -2.25. The van der Waals surface area contributed by atoms with Crippen LogP contribution in [0.3, 0.4) is 0 Å². The monoisotopic (exact) mass is 382 g/mol. The highest BCUT2D eigenvalue weighted by Crippen LogP contribution is 2.40. The Kier molecular flexibility index (Phi) is 3.74. The number of anilines is 1. The SMILES string of the molecule is Cc1nn(-c2nc3ccccc3n2C)c2c1[C@H](c1ccc(C#N)cc1)CC(=O)N2. The molecular formula is C22H18N6O. The summed E-state index contributed by atoms with van der Waals surface area (Å²) in [5, 5.41) is 16.8. The number of rotatable bonds is 2. The van der Waals surface area contributed by atoms with Crippen LogP contribution in [0.2, 0.25) is 0 Å². The molecule has 142 valence electrons. The van der Waals surface area contributed by atoms with Crippen molar-refractivity contribution in [3.8, 4) is 12.0 Å². The van der Waals surface area contributed by atoms with E-state index in [0.29, 0.717) is 23.8 Å². The zero-order valence-corrected chi connectivity index (χ0v) is 16.0. The van der Waals surface area contributed by atoms with Gasteiger partial charge in [0, 0.05) is 24.9 Å². The summed E-state index contributed by atoms with van der Waals surface area (Å²) in [6.07, 6.45) is 0.341. The lowest BCUT2D eigenvalue weighted by atomic mass is 9.85. The van der Waals surface area contributed by atoms with E-state index in [2.05, 4.69) is 11.4 Å². The van der Waals surface area contributed by atoms with Crippen LogP contribution in [0, 0.1) is 18.3 Å². The molecule has 2 aromatic carbocycles. The number of nitrogens with one attached hydrogen (secondary N) is 1. The van der Waals surface area contributed by atoms with Crippen LogP contribution in [-0.4, -0.2) is 25.2 Å². The number of carbonyl (C=O) groups is 1. The Morgan fingerprint density at radius 2 is 1.93 bits per heavy atom. The van der Waals surface area contributed by atoms with Crippen molar-refractivity contribution in [3.63, 3.8) is 0 Å². The number of fused-ring (bicyclic) bond motifs is 2. The van der Waals surface area contributed by atoms with E-state index in [1.54, 1.807) is 16.8 Å². The van der Waals surface area contributed by atoms with Gasteiger partial charge in [-0.15, -0.1) is 0 Å². The van der Waals surface area contributed by atoms with Gasteiger partial charge in [-0.05, 0) is 36.8 Å². The highest BCUT2D eigenvalue weighted by atomic mass is 16.1. The number of nitrogens with zero attached hydrogens (tertiary/aromatic N) is 5. The Balaban J connectivity index is 1.69. The summed E-state index contributed by atoms with van der Waals surface area (Å²) in [6, 6.07) is 17.4. The third-order valence-corrected chi connectivity index (χ3v) is 5.50. The van der Waals surface area contributed by atoms with Crippen molar-refractivity contribution in [1.82, 2.24) is 19.3 Å². The van der Waals surface area contributed by atoms with Crippen LogP contribution < -0.4 is 5.32 Å². The van der Waals surface area contributed by atoms with Gasteiger partial charge in [0.05, 0.1) is 28.4 Å². The summed E-state index contributed by atoms with van der Waals surface area (Å²) in [5.41, 5.74) is 5.30. The average molecular weight is 382 g/mol. The number of aryl methyl sites for hydroxylation is 2. The topological polar surface area (TPSA) is 88.5 Å². The molecule has 0 radical (unpaired) electrons. The van der Waals surface area contributed by atoms with Gasteiger partial charge in [0.2, 0.25) is 11.9 Å². The Hall–Kier alpha value is -3.92. The molecular weight excluding hydrogens is 364 g/mol. The smallest absolute Gasteiger partial charge is 0.233 e. The predicted octanol–water partition coefficient (Wildman–Crippen LogP) is 3.41. The minimum atomic E-state index is -0.116. The predicted molar refractivity (Wildman–Crippen MR) is 109 cm³/mol. The fraction of sp³-hybridized carbons (Fsp3) is 0.182. The summed E-state index contributed by atoms with van der Waals surface area (Å²) in [6.45, 7) is 1.95. The molecule has 0 saturated heterocycles. The van der Waals surface area contributed by atoms with Gasteiger partial charge in [0.1, 0.15) is 5.82 Å². The molecule has 4 aromatic rings. The van der Waals surface area contributed by atoms with E-state index in [1.165, 1.54) is 0 Å². The third kappa shape index (κ3) is 2.61. The minimum Gasteiger partial charge on any atom is -0.311 e. The van der Waals surface area contributed by atoms with E-state index in [0.717, 1.165) is 27.9 Å². The number of imidazole rings is 1. The molecule has 7 heteroatoms. The standard InChI is InChI=1S/C22H18N6O/c1-13-20-16(15-9-7-14(12-23)8-10-15)11-19(29)25-21(20)28(26-13)22-24-17-5-3-4-6-18(17)27(22)2/h3-10,16H,11H2,1-2H3,(H,25,29)/t16-/m0/s1. The largest absolute Gasteiger partial charge is 0.311 e. The van der Waals surface area contributed by atoms with E-state index >= 15 is 0 Å². The molecule has 3 heterocycles. The molecule has 0 aliphatic carbocycles.